The number of phenols is 1. The van der Waals surface area contributed by atoms with Crippen LogP contribution in [0.2, 0.25) is 0 Å². The van der Waals surface area contributed by atoms with Gasteiger partial charge in [0.2, 0.25) is 0 Å². The molecule has 3 heteroatoms. The average Bonchev–Trinajstić information content (AvgIpc) is 2.04. The largest absolute Gasteiger partial charge is 0.508 e. The summed E-state index contributed by atoms with van der Waals surface area (Å²) in [4.78, 5) is 0. The molecule has 1 aromatic carbocycles. The molecule has 0 unspecified atom stereocenters. The van der Waals surface area contributed by atoms with Crippen LogP contribution in [0.1, 0.15) is 5.56 Å². The van der Waals surface area contributed by atoms with Crippen molar-refractivity contribution in [3.8, 4) is 5.75 Å². The van der Waals surface area contributed by atoms with Gasteiger partial charge in [-0.25, -0.2) is 0 Å². The van der Waals surface area contributed by atoms with E-state index >= 15 is 0 Å². The summed E-state index contributed by atoms with van der Waals surface area (Å²) in [7, 11) is 0. The molecule has 1 radical (unpaired) electrons. The van der Waals surface area contributed by atoms with Crippen LogP contribution >= 0.6 is 0 Å². The van der Waals surface area contributed by atoms with Crippen LogP contribution in [-0.4, -0.2) is 16.9 Å². The average molecular weight is 152 g/mol. The summed E-state index contributed by atoms with van der Waals surface area (Å²) < 4.78 is 0. The van der Waals surface area contributed by atoms with Crippen LogP contribution in [0.25, 0.3) is 0 Å². The van der Waals surface area contributed by atoms with E-state index in [2.05, 4.69) is 5.48 Å². The van der Waals surface area contributed by atoms with Crippen LogP contribution in [0.15, 0.2) is 24.3 Å². The lowest BCUT2D eigenvalue weighted by Gasteiger charge is -1.97. The number of phenolic OH excluding ortho intramolecular Hbond substituents is 1. The van der Waals surface area contributed by atoms with E-state index in [1.165, 1.54) is 0 Å². The van der Waals surface area contributed by atoms with Gasteiger partial charge in [0, 0.05) is 6.54 Å². The second-order valence-electron chi connectivity index (χ2n) is 2.28. The number of hydrogen-bond donors (Lipinski definition) is 2. The molecule has 1 aromatic rings. The fraction of sp³-hybridized carbons (Fsp3) is 0.250. The lowest BCUT2D eigenvalue weighted by molar-refractivity contribution is 0.157. The normalized spacial score (nSPS) is 9.91. The SMILES string of the molecule is O[N]CCc1ccc(O)cc1. The van der Waals surface area contributed by atoms with Gasteiger partial charge in [0.25, 0.3) is 0 Å². The van der Waals surface area contributed by atoms with Crippen molar-refractivity contribution in [2.45, 2.75) is 6.42 Å². The summed E-state index contributed by atoms with van der Waals surface area (Å²) in [6, 6.07) is 6.85. The molecule has 0 atom stereocenters. The van der Waals surface area contributed by atoms with Gasteiger partial charge in [0.05, 0.1) is 0 Å². The fourth-order valence-corrected chi connectivity index (χ4v) is 0.842. The van der Waals surface area contributed by atoms with Gasteiger partial charge in [-0.05, 0) is 24.1 Å². The lowest BCUT2D eigenvalue weighted by Crippen LogP contribution is -2.03. The van der Waals surface area contributed by atoms with E-state index in [1.807, 2.05) is 0 Å². The van der Waals surface area contributed by atoms with Crippen molar-refractivity contribution >= 4 is 0 Å². The Hall–Kier alpha value is -1.06. The molecule has 3 nitrogen and oxygen atoms in total. The van der Waals surface area contributed by atoms with E-state index in [0.29, 0.717) is 13.0 Å². The maximum absolute atomic E-state index is 8.91. The first kappa shape index (κ1) is 8.04. The molecule has 2 N–H and O–H groups in total. The highest BCUT2D eigenvalue weighted by atomic mass is 16.5. The maximum Gasteiger partial charge on any atom is 0.115 e. The van der Waals surface area contributed by atoms with Crippen molar-refractivity contribution in [1.82, 2.24) is 5.48 Å². The minimum atomic E-state index is 0.259. The quantitative estimate of drug-likeness (QED) is 0.633. The molecule has 0 aliphatic carbocycles. The minimum absolute atomic E-state index is 0.259. The Kier molecular flexibility index (Phi) is 2.89. The van der Waals surface area contributed by atoms with Gasteiger partial charge in [-0.3, -0.25) is 5.21 Å². The molecular weight excluding hydrogens is 142 g/mol. The number of rotatable bonds is 3. The van der Waals surface area contributed by atoms with Crippen molar-refractivity contribution < 1.29 is 10.3 Å². The Balaban J connectivity index is 2.52. The summed E-state index contributed by atoms with van der Waals surface area (Å²) in [6.45, 7) is 0.408. The third kappa shape index (κ3) is 2.57. The van der Waals surface area contributed by atoms with Crippen molar-refractivity contribution in [3.05, 3.63) is 29.8 Å². The standard InChI is InChI=1S/C8H10NO2/c10-8-3-1-7(2-4-8)5-6-9-11/h1-4,10-11H,5-6H2. The van der Waals surface area contributed by atoms with Crippen LogP contribution in [-0.2, 0) is 6.42 Å². The Morgan fingerprint density at radius 3 is 2.36 bits per heavy atom. The van der Waals surface area contributed by atoms with Gasteiger partial charge in [0.1, 0.15) is 5.75 Å². The molecular formula is C8H10NO2. The van der Waals surface area contributed by atoms with E-state index in [9.17, 15) is 0 Å². The van der Waals surface area contributed by atoms with Crippen LogP contribution < -0.4 is 5.48 Å². The van der Waals surface area contributed by atoms with Crippen molar-refractivity contribution in [1.29, 1.82) is 0 Å². The number of hydroxylamine groups is 1. The van der Waals surface area contributed by atoms with E-state index in [0.717, 1.165) is 5.56 Å². The minimum Gasteiger partial charge on any atom is -0.508 e. The molecule has 11 heavy (non-hydrogen) atoms. The molecule has 0 spiro atoms. The zero-order valence-corrected chi connectivity index (χ0v) is 6.07. The Bertz CT molecular complexity index is 208. The number of hydrogen-bond acceptors (Lipinski definition) is 2. The summed E-state index contributed by atoms with van der Waals surface area (Å²) in [6.07, 6.45) is 0.705. The van der Waals surface area contributed by atoms with Crippen LogP contribution in [0.5, 0.6) is 5.75 Å². The first-order valence-electron chi connectivity index (χ1n) is 3.41. The summed E-state index contributed by atoms with van der Waals surface area (Å²) >= 11 is 0. The van der Waals surface area contributed by atoms with Gasteiger partial charge >= 0.3 is 0 Å². The third-order valence-corrected chi connectivity index (χ3v) is 1.44. The van der Waals surface area contributed by atoms with Gasteiger partial charge in [-0.2, -0.15) is 0 Å². The van der Waals surface area contributed by atoms with Gasteiger partial charge in [-0.15, -0.1) is 5.48 Å². The van der Waals surface area contributed by atoms with E-state index in [1.54, 1.807) is 24.3 Å². The molecule has 0 saturated heterocycles. The summed E-state index contributed by atoms with van der Waals surface area (Å²) in [5.74, 6) is 0.259. The molecule has 59 valence electrons. The van der Waals surface area contributed by atoms with E-state index in [-0.39, 0.29) is 5.75 Å². The van der Waals surface area contributed by atoms with Crippen LogP contribution in [0.4, 0.5) is 0 Å². The summed E-state index contributed by atoms with van der Waals surface area (Å²) in [5.41, 5.74) is 4.05. The number of nitrogens with zero attached hydrogens (tertiary/aromatic N) is 1. The van der Waals surface area contributed by atoms with E-state index < -0.39 is 0 Å². The lowest BCUT2D eigenvalue weighted by atomic mass is 10.1. The third-order valence-electron chi connectivity index (χ3n) is 1.44. The molecule has 0 aromatic heterocycles. The molecule has 0 aliphatic heterocycles. The second kappa shape index (κ2) is 3.95. The predicted octanol–water partition coefficient (Wildman–Crippen LogP) is 0.928. The highest BCUT2D eigenvalue weighted by molar-refractivity contribution is 5.25. The van der Waals surface area contributed by atoms with E-state index in [4.69, 9.17) is 10.3 Å². The Morgan fingerprint density at radius 1 is 1.18 bits per heavy atom. The first-order valence-corrected chi connectivity index (χ1v) is 3.41. The van der Waals surface area contributed by atoms with Crippen molar-refractivity contribution in [2.24, 2.45) is 0 Å². The molecule has 0 fully saturated rings. The molecule has 0 aliphatic rings. The van der Waals surface area contributed by atoms with Crippen LogP contribution in [0, 0.1) is 0 Å². The molecule has 1 rings (SSSR count). The Morgan fingerprint density at radius 2 is 1.82 bits per heavy atom. The van der Waals surface area contributed by atoms with Gasteiger partial charge < -0.3 is 5.11 Å². The predicted molar refractivity (Wildman–Crippen MR) is 40.6 cm³/mol. The first-order chi connectivity index (χ1) is 5.33. The van der Waals surface area contributed by atoms with Gasteiger partial charge in [-0.1, -0.05) is 12.1 Å². The maximum atomic E-state index is 8.91. The highest BCUT2D eigenvalue weighted by Crippen LogP contribution is 2.09. The van der Waals surface area contributed by atoms with Crippen LogP contribution in [0.3, 0.4) is 0 Å². The molecule has 0 heterocycles. The number of aromatic hydroxyl groups is 1. The highest BCUT2D eigenvalue weighted by Gasteiger charge is 1.92. The summed E-state index contributed by atoms with van der Waals surface area (Å²) in [5, 5.41) is 17.1. The van der Waals surface area contributed by atoms with Crippen molar-refractivity contribution in [3.63, 3.8) is 0 Å². The zero-order valence-electron chi connectivity index (χ0n) is 6.07. The fourth-order valence-electron chi connectivity index (χ4n) is 0.842. The smallest absolute Gasteiger partial charge is 0.115 e. The van der Waals surface area contributed by atoms with Gasteiger partial charge in [0.15, 0.2) is 0 Å². The monoisotopic (exact) mass is 152 g/mol. The topological polar surface area (TPSA) is 54.6 Å². The number of benzene rings is 1. The molecule has 0 saturated carbocycles. The Labute approximate surface area is 65.3 Å². The zero-order chi connectivity index (χ0) is 8.10. The second-order valence-corrected chi connectivity index (χ2v) is 2.28. The van der Waals surface area contributed by atoms with Crippen molar-refractivity contribution in [2.75, 3.05) is 6.54 Å². The molecule has 0 bridgehead atoms. The molecule has 0 amide bonds.